The van der Waals surface area contributed by atoms with Gasteiger partial charge in [-0.05, 0) is 49.9 Å². The number of nitrogens with one attached hydrogen (secondary N) is 1. The Bertz CT molecular complexity index is 362. The summed E-state index contributed by atoms with van der Waals surface area (Å²) < 4.78 is 11.2. The van der Waals surface area contributed by atoms with E-state index < -0.39 is 0 Å². The molecule has 0 aliphatic carbocycles. The average Bonchev–Trinajstić information content (AvgIpc) is 2.44. The van der Waals surface area contributed by atoms with Gasteiger partial charge in [-0.15, -0.1) is 0 Å². The standard InChI is InChI=1S/C18H31NO2/c1-5-19-16(4)14-17-6-8-18(9-7-17)21-13-12-20-11-10-15(2)3/h6-9,15-16,19H,5,10-14H2,1-4H3. The van der Waals surface area contributed by atoms with E-state index in [1.165, 1.54) is 5.56 Å². The Morgan fingerprint density at radius 2 is 1.71 bits per heavy atom. The summed E-state index contributed by atoms with van der Waals surface area (Å²) in [5.74, 6) is 1.62. The summed E-state index contributed by atoms with van der Waals surface area (Å²) in [5, 5.41) is 3.42. The smallest absolute Gasteiger partial charge is 0.119 e. The van der Waals surface area contributed by atoms with E-state index in [1.54, 1.807) is 0 Å². The summed E-state index contributed by atoms with van der Waals surface area (Å²) in [7, 11) is 0. The molecule has 3 heteroatoms. The molecule has 1 atom stereocenters. The Hall–Kier alpha value is -1.06. The van der Waals surface area contributed by atoms with E-state index in [2.05, 4.69) is 45.1 Å². The summed E-state index contributed by atoms with van der Waals surface area (Å²) in [4.78, 5) is 0. The lowest BCUT2D eigenvalue weighted by molar-refractivity contribution is 0.0926. The molecule has 0 bridgehead atoms. The van der Waals surface area contributed by atoms with Crippen LogP contribution in [-0.4, -0.2) is 32.4 Å². The fourth-order valence-corrected chi connectivity index (χ4v) is 2.14. The zero-order valence-electron chi connectivity index (χ0n) is 14.0. The van der Waals surface area contributed by atoms with Gasteiger partial charge >= 0.3 is 0 Å². The van der Waals surface area contributed by atoms with E-state index in [4.69, 9.17) is 9.47 Å². The summed E-state index contributed by atoms with van der Waals surface area (Å²) >= 11 is 0. The van der Waals surface area contributed by atoms with Gasteiger partial charge in [0.1, 0.15) is 12.4 Å². The van der Waals surface area contributed by atoms with Crippen LogP contribution < -0.4 is 10.1 Å². The summed E-state index contributed by atoms with van der Waals surface area (Å²) in [6.45, 7) is 11.9. The van der Waals surface area contributed by atoms with Crippen molar-refractivity contribution in [3.8, 4) is 5.75 Å². The molecule has 1 aromatic rings. The molecule has 3 nitrogen and oxygen atoms in total. The zero-order valence-corrected chi connectivity index (χ0v) is 14.0. The van der Waals surface area contributed by atoms with Crippen molar-refractivity contribution in [1.29, 1.82) is 0 Å². The Labute approximate surface area is 130 Å². The summed E-state index contributed by atoms with van der Waals surface area (Å²) in [6, 6.07) is 8.88. The fraction of sp³-hybridized carbons (Fsp3) is 0.667. The van der Waals surface area contributed by atoms with Crippen LogP contribution in [0.3, 0.4) is 0 Å². The molecule has 120 valence electrons. The van der Waals surface area contributed by atoms with Gasteiger partial charge in [-0.2, -0.15) is 0 Å². The molecule has 1 unspecified atom stereocenters. The minimum absolute atomic E-state index is 0.510. The van der Waals surface area contributed by atoms with Crippen molar-refractivity contribution in [1.82, 2.24) is 5.32 Å². The number of hydrogen-bond donors (Lipinski definition) is 1. The Kier molecular flexibility index (Phi) is 9.11. The van der Waals surface area contributed by atoms with Crippen molar-refractivity contribution < 1.29 is 9.47 Å². The average molecular weight is 293 g/mol. The van der Waals surface area contributed by atoms with Gasteiger partial charge in [0.25, 0.3) is 0 Å². The van der Waals surface area contributed by atoms with Crippen molar-refractivity contribution in [2.24, 2.45) is 5.92 Å². The third-order valence-electron chi connectivity index (χ3n) is 3.35. The fourth-order valence-electron chi connectivity index (χ4n) is 2.14. The molecule has 0 fully saturated rings. The highest BCUT2D eigenvalue weighted by Crippen LogP contribution is 2.13. The van der Waals surface area contributed by atoms with E-state index in [9.17, 15) is 0 Å². The van der Waals surface area contributed by atoms with E-state index in [-0.39, 0.29) is 0 Å². The summed E-state index contributed by atoms with van der Waals surface area (Å²) in [5.41, 5.74) is 1.34. The molecule has 1 N–H and O–H groups in total. The number of rotatable bonds is 11. The van der Waals surface area contributed by atoms with Crippen LogP contribution in [0.4, 0.5) is 0 Å². The first-order chi connectivity index (χ1) is 10.1. The van der Waals surface area contributed by atoms with E-state index >= 15 is 0 Å². The predicted molar refractivity (Wildman–Crippen MR) is 89.1 cm³/mol. The van der Waals surface area contributed by atoms with Crippen molar-refractivity contribution >= 4 is 0 Å². The molecule has 0 aromatic heterocycles. The van der Waals surface area contributed by atoms with Crippen LogP contribution in [0.15, 0.2) is 24.3 Å². The van der Waals surface area contributed by atoms with Crippen molar-refractivity contribution in [3.05, 3.63) is 29.8 Å². The van der Waals surface area contributed by atoms with Gasteiger partial charge in [-0.1, -0.05) is 32.9 Å². The van der Waals surface area contributed by atoms with Crippen molar-refractivity contribution in [2.75, 3.05) is 26.4 Å². The quantitative estimate of drug-likeness (QED) is 0.632. The van der Waals surface area contributed by atoms with E-state index in [1.807, 2.05) is 12.1 Å². The molecule has 0 heterocycles. The largest absolute Gasteiger partial charge is 0.491 e. The minimum Gasteiger partial charge on any atom is -0.491 e. The van der Waals surface area contributed by atoms with Gasteiger partial charge < -0.3 is 14.8 Å². The number of benzene rings is 1. The van der Waals surface area contributed by atoms with Gasteiger partial charge in [0.2, 0.25) is 0 Å². The molecule has 0 saturated heterocycles. The lowest BCUT2D eigenvalue weighted by atomic mass is 10.1. The third kappa shape index (κ3) is 8.74. The van der Waals surface area contributed by atoms with E-state index in [0.29, 0.717) is 25.2 Å². The lowest BCUT2D eigenvalue weighted by Gasteiger charge is -2.13. The second-order valence-electron chi connectivity index (χ2n) is 5.95. The first kappa shape index (κ1) is 18.0. The minimum atomic E-state index is 0.510. The molecule has 0 spiro atoms. The van der Waals surface area contributed by atoms with Crippen LogP contribution in [0.5, 0.6) is 5.75 Å². The molecule has 0 aliphatic rings. The van der Waals surface area contributed by atoms with Gasteiger partial charge in [0.15, 0.2) is 0 Å². The van der Waals surface area contributed by atoms with Gasteiger partial charge in [-0.25, -0.2) is 0 Å². The van der Waals surface area contributed by atoms with Gasteiger partial charge in [-0.3, -0.25) is 0 Å². The predicted octanol–water partition coefficient (Wildman–Crippen LogP) is 3.67. The highest BCUT2D eigenvalue weighted by Gasteiger charge is 2.02. The molecule has 1 aromatic carbocycles. The number of hydrogen-bond acceptors (Lipinski definition) is 3. The molecular formula is C18H31NO2. The van der Waals surface area contributed by atoms with Gasteiger partial charge in [0.05, 0.1) is 6.61 Å². The monoisotopic (exact) mass is 293 g/mol. The van der Waals surface area contributed by atoms with Crippen LogP contribution in [0.1, 0.15) is 39.7 Å². The van der Waals surface area contributed by atoms with E-state index in [0.717, 1.165) is 31.7 Å². The third-order valence-corrected chi connectivity index (χ3v) is 3.35. The van der Waals surface area contributed by atoms with Crippen LogP contribution >= 0.6 is 0 Å². The topological polar surface area (TPSA) is 30.5 Å². The molecule has 21 heavy (non-hydrogen) atoms. The maximum Gasteiger partial charge on any atom is 0.119 e. The maximum absolute atomic E-state index is 5.68. The zero-order chi connectivity index (χ0) is 15.5. The normalized spacial score (nSPS) is 12.6. The Balaban J connectivity index is 2.19. The number of likely N-dealkylation sites (N-methyl/N-ethyl adjacent to an activating group) is 1. The van der Waals surface area contributed by atoms with Crippen molar-refractivity contribution in [3.63, 3.8) is 0 Å². The molecule has 0 saturated carbocycles. The van der Waals surface area contributed by atoms with Crippen LogP contribution in [0.25, 0.3) is 0 Å². The summed E-state index contributed by atoms with van der Waals surface area (Å²) in [6.07, 6.45) is 2.16. The van der Waals surface area contributed by atoms with Crippen LogP contribution in [-0.2, 0) is 11.2 Å². The second-order valence-corrected chi connectivity index (χ2v) is 5.95. The van der Waals surface area contributed by atoms with Crippen LogP contribution in [0, 0.1) is 5.92 Å². The molecule has 1 rings (SSSR count). The lowest BCUT2D eigenvalue weighted by Crippen LogP contribution is -2.27. The molecule has 0 amide bonds. The highest BCUT2D eigenvalue weighted by atomic mass is 16.5. The number of ether oxygens (including phenoxy) is 2. The first-order valence-electron chi connectivity index (χ1n) is 8.14. The SMILES string of the molecule is CCNC(C)Cc1ccc(OCCOCCC(C)C)cc1. The Morgan fingerprint density at radius 1 is 1.00 bits per heavy atom. The molecular weight excluding hydrogens is 262 g/mol. The molecule has 0 radical (unpaired) electrons. The molecule has 0 aliphatic heterocycles. The highest BCUT2D eigenvalue weighted by molar-refractivity contribution is 5.27. The van der Waals surface area contributed by atoms with Gasteiger partial charge in [0, 0.05) is 12.6 Å². The van der Waals surface area contributed by atoms with Crippen molar-refractivity contribution in [2.45, 2.75) is 46.6 Å². The van der Waals surface area contributed by atoms with Crippen LogP contribution in [0.2, 0.25) is 0 Å². The second kappa shape index (κ2) is 10.6. The first-order valence-corrected chi connectivity index (χ1v) is 8.14. The maximum atomic E-state index is 5.68. The Morgan fingerprint density at radius 3 is 2.33 bits per heavy atom.